The average Bonchev–Trinajstić information content (AvgIpc) is 2.46. The van der Waals surface area contributed by atoms with Crippen LogP contribution in [0.3, 0.4) is 0 Å². The lowest BCUT2D eigenvalue weighted by molar-refractivity contribution is 0.0917. The second kappa shape index (κ2) is 7.04. The predicted octanol–water partition coefficient (Wildman–Crippen LogP) is 1.56. The zero-order valence-corrected chi connectivity index (χ0v) is 12.9. The van der Waals surface area contributed by atoms with Gasteiger partial charge >= 0.3 is 0 Å². The third kappa shape index (κ3) is 3.70. The van der Waals surface area contributed by atoms with Crippen molar-refractivity contribution in [3.05, 3.63) is 34.7 Å². The van der Waals surface area contributed by atoms with Crippen molar-refractivity contribution in [3.8, 4) is 0 Å². The zero-order chi connectivity index (χ0) is 14.5. The van der Waals surface area contributed by atoms with Crippen LogP contribution in [-0.2, 0) is 6.54 Å². The molecule has 4 heteroatoms. The summed E-state index contributed by atoms with van der Waals surface area (Å²) in [6.07, 6.45) is 3.08. The standard InChI is InChI=1S/C16H27N3O/c1-4-13(2)15-11-17-14(3)12-19(15)10-9-18-8-6-5-7-16(18)20/h5-8,13-15,17H,4,9-12H2,1-3H3. The Morgan fingerprint density at radius 1 is 1.40 bits per heavy atom. The molecule has 1 fully saturated rings. The van der Waals surface area contributed by atoms with Crippen molar-refractivity contribution in [2.24, 2.45) is 5.92 Å². The molecule has 4 nitrogen and oxygen atoms in total. The van der Waals surface area contributed by atoms with Crippen molar-refractivity contribution in [1.82, 2.24) is 14.8 Å². The largest absolute Gasteiger partial charge is 0.314 e. The molecule has 1 saturated heterocycles. The van der Waals surface area contributed by atoms with Crippen LogP contribution in [0, 0.1) is 5.92 Å². The topological polar surface area (TPSA) is 37.3 Å². The highest BCUT2D eigenvalue weighted by atomic mass is 16.1. The van der Waals surface area contributed by atoms with E-state index in [4.69, 9.17) is 0 Å². The van der Waals surface area contributed by atoms with Crippen molar-refractivity contribution in [2.75, 3.05) is 19.6 Å². The number of hydrogen-bond donors (Lipinski definition) is 1. The smallest absolute Gasteiger partial charge is 0.250 e. The van der Waals surface area contributed by atoms with Gasteiger partial charge in [0.25, 0.3) is 5.56 Å². The van der Waals surface area contributed by atoms with Crippen LogP contribution in [0.1, 0.15) is 27.2 Å². The molecule has 0 saturated carbocycles. The van der Waals surface area contributed by atoms with Crippen LogP contribution in [0.5, 0.6) is 0 Å². The van der Waals surface area contributed by atoms with Gasteiger partial charge in [0.15, 0.2) is 0 Å². The van der Waals surface area contributed by atoms with E-state index >= 15 is 0 Å². The van der Waals surface area contributed by atoms with Crippen LogP contribution in [0.25, 0.3) is 0 Å². The highest BCUT2D eigenvalue weighted by Gasteiger charge is 2.28. The third-order valence-electron chi connectivity index (χ3n) is 4.48. The van der Waals surface area contributed by atoms with Crippen LogP contribution in [0.15, 0.2) is 29.2 Å². The van der Waals surface area contributed by atoms with Crippen LogP contribution in [0.2, 0.25) is 0 Å². The Bertz CT molecular complexity index is 471. The summed E-state index contributed by atoms with van der Waals surface area (Å²) < 4.78 is 1.81. The second-order valence-corrected chi connectivity index (χ2v) is 5.99. The molecule has 0 amide bonds. The van der Waals surface area contributed by atoms with Crippen LogP contribution < -0.4 is 10.9 Å². The van der Waals surface area contributed by atoms with E-state index in [0.717, 1.165) is 26.2 Å². The quantitative estimate of drug-likeness (QED) is 0.887. The molecule has 2 heterocycles. The van der Waals surface area contributed by atoms with Crippen molar-refractivity contribution in [1.29, 1.82) is 0 Å². The number of nitrogens with zero attached hydrogens (tertiary/aromatic N) is 2. The fraction of sp³-hybridized carbons (Fsp3) is 0.688. The van der Waals surface area contributed by atoms with Gasteiger partial charge in [-0.2, -0.15) is 0 Å². The summed E-state index contributed by atoms with van der Waals surface area (Å²) in [5.41, 5.74) is 0.0933. The van der Waals surface area contributed by atoms with Crippen LogP contribution in [0.4, 0.5) is 0 Å². The lowest BCUT2D eigenvalue weighted by atomic mass is 9.95. The summed E-state index contributed by atoms with van der Waals surface area (Å²) in [5, 5.41) is 3.58. The first-order valence-corrected chi connectivity index (χ1v) is 7.74. The molecular formula is C16H27N3O. The van der Waals surface area contributed by atoms with Gasteiger partial charge in [-0.3, -0.25) is 9.69 Å². The Hall–Kier alpha value is -1.13. The van der Waals surface area contributed by atoms with E-state index in [1.807, 2.05) is 12.3 Å². The Morgan fingerprint density at radius 2 is 2.20 bits per heavy atom. The molecule has 1 aliphatic rings. The lowest BCUT2D eigenvalue weighted by Crippen LogP contribution is -2.58. The van der Waals surface area contributed by atoms with Crippen molar-refractivity contribution < 1.29 is 0 Å². The number of rotatable bonds is 5. The summed E-state index contributed by atoms with van der Waals surface area (Å²) in [5.74, 6) is 0.683. The van der Waals surface area contributed by atoms with Gasteiger partial charge in [-0.05, 0) is 18.9 Å². The fourth-order valence-electron chi connectivity index (χ4n) is 2.97. The molecule has 0 aromatic carbocycles. The Balaban J connectivity index is 2.01. The molecule has 0 radical (unpaired) electrons. The summed E-state index contributed by atoms with van der Waals surface area (Å²) >= 11 is 0. The molecule has 1 N–H and O–H groups in total. The molecule has 2 rings (SSSR count). The normalized spacial score (nSPS) is 25.6. The van der Waals surface area contributed by atoms with E-state index in [-0.39, 0.29) is 5.56 Å². The van der Waals surface area contributed by atoms with Crippen LogP contribution in [-0.4, -0.2) is 41.2 Å². The highest BCUT2D eigenvalue weighted by molar-refractivity contribution is 4.94. The number of hydrogen-bond acceptors (Lipinski definition) is 3. The molecule has 1 aliphatic heterocycles. The van der Waals surface area contributed by atoms with Gasteiger partial charge in [0.1, 0.15) is 0 Å². The fourth-order valence-corrected chi connectivity index (χ4v) is 2.97. The minimum Gasteiger partial charge on any atom is -0.314 e. The number of pyridine rings is 1. The SMILES string of the molecule is CCC(C)C1CNC(C)CN1CCn1ccccc1=O. The van der Waals surface area contributed by atoms with E-state index in [2.05, 4.69) is 31.0 Å². The van der Waals surface area contributed by atoms with Crippen molar-refractivity contribution >= 4 is 0 Å². The molecule has 3 atom stereocenters. The maximum Gasteiger partial charge on any atom is 0.250 e. The van der Waals surface area contributed by atoms with Gasteiger partial charge < -0.3 is 9.88 Å². The van der Waals surface area contributed by atoms with Gasteiger partial charge in [-0.1, -0.05) is 26.3 Å². The maximum atomic E-state index is 11.8. The first kappa shape index (κ1) is 15.3. The first-order valence-electron chi connectivity index (χ1n) is 7.74. The van der Waals surface area contributed by atoms with Crippen molar-refractivity contribution in [3.63, 3.8) is 0 Å². The molecule has 20 heavy (non-hydrogen) atoms. The predicted molar refractivity (Wildman–Crippen MR) is 83.0 cm³/mol. The molecule has 0 aliphatic carbocycles. The minimum atomic E-state index is 0.0933. The van der Waals surface area contributed by atoms with E-state index in [1.165, 1.54) is 6.42 Å². The molecule has 1 aromatic heterocycles. The maximum absolute atomic E-state index is 11.8. The van der Waals surface area contributed by atoms with Gasteiger partial charge in [-0.15, -0.1) is 0 Å². The van der Waals surface area contributed by atoms with E-state index in [0.29, 0.717) is 18.0 Å². The first-order chi connectivity index (χ1) is 9.61. The number of piperazine rings is 1. The monoisotopic (exact) mass is 277 g/mol. The number of aromatic nitrogens is 1. The molecule has 1 aromatic rings. The minimum absolute atomic E-state index is 0.0933. The van der Waals surface area contributed by atoms with Crippen LogP contribution >= 0.6 is 0 Å². The second-order valence-electron chi connectivity index (χ2n) is 5.99. The Morgan fingerprint density at radius 3 is 2.90 bits per heavy atom. The van der Waals surface area contributed by atoms with Crippen molar-refractivity contribution in [2.45, 2.75) is 45.8 Å². The molecule has 112 valence electrons. The summed E-state index contributed by atoms with van der Waals surface area (Å²) in [6, 6.07) is 6.46. The molecule has 0 bridgehead atoms. The Kier molecular flexibility index (Phi) is 5.38. The molecule has 3 unspecified atom stereocenters. The highest BCUT2D eigenvalue weighted by Crippen LogP contribution is 2.17. The Labute approximate surface area is 121 Å². The zero-order valence-electron chi connectivity index (χ0n) is 12.9. The summed E-state index contributed by atoms with van der Waals surface area (Å²) in [6.45, 7) is 10.7. The summed E-state index contributed by atoms with van der Waals surface area (Å²) in [4.78, 5) is 14.3. The third-order valence-corrected chi connectivity index (χ3v) is 4.48. The average molecular weight is 277 g/mol. The van der Waals surface area contributed by atoms with Gasteiger partial charge in [0.2, 0.25) is 0 Å². The summed E-state index contributed by atoms with van der Waals surface area (Å²) in [7, 11) is 0. The molecular weight excluding hydrogens is 250 g/mol. The van der Waals surface area contributed by atoms with Gasteiger partial charge in [0, 0.05) is 50.5 Å². The molecule has 0 spiro atoms. The number of nitrogens with one attached hydrogen (secondary N) is 1. The van der Waals surface area contributed by atoms with Gasteiger partial charge in [0.05, 0.1) is 0 Å². The van der Waals surface area contributed by atoms with Gasteiger partial charge in [-0.25, -0.2) is 0 Å². The lowest BCUT2D eigenvalue weighted by Gasteiger charge is -2.42. The van der Waals surface area contributed by atoms with E-state index in [1.54, 1.807) is 16.7 Å². The van der Waals surface area contributed by atoms with E-state index in [9.17, 15) is 4.79 Å². The van der Waals surface area contributed by atoms with E-state index < -0.39 is 0 Å².